The third kappa shape index (κ3) is 5.30. The number of phenolic OH excluding ortho intramolecular Hbond substituents is 1. The lowest BCUT2D eigenvalue weighted by Crippen LogP contribution is -2.12. The highest BCUT2D eigenvalue weighted by Gasteiger charge is 2.25. The molecule has 3 rings (SSSR count). The van der Waals surface area contributed by atoms with Crippen molar-refractivity contribution >= 4 is 11.0 Å². The van der Waals surface area contributed by atoms with Gasteiger partial charge in [0, 0.05) is 17.2 Å². The minimum atomic E-state index is -0.575. The molecule has 0 aliphatic carbocycles. The van der Waals surface area contributed by atoms with E-state index in [-0.39, 0.29) is 40.6 Å². The largest absolute Gasteiger partial charge is 0.507 e. The zero-order valence-electron chi connectivity index (χ0n) is 19.4. The Bertz CT molecular complexity index is 1190. The molecule has 0 aliphatic rings. The van der Waals surface area contributed by atoms with Crippen molar-refractivity contribution < 1.29 is 33.8 Å². The van der Waals surface area contributed by atoms with Crippen molar-refractivity contribution in [1.82, 2.24) is 0 Å². The molecule has 176 valence electrons. The summed E-state index contributed by atoms with van der Waals surface area (Å²) in [7, 11) is 1.56. The molecule has 0 fully saturated rings. The van der Waals surface area contributed by atoms with Crippen LogP contribution in [0.25, 0.3) is 22.3 Å². The highest BCUT2D eigenvalue weighted by molar-refractivity contribution is 5.91. The van der Waals surface area contributed by atoms with Crippen LogP contribution >= 0.6 is 0 Å². The average Bonchev–Trinajstić information content (AvgIpc) is 2.81. The molecule has 0 spiro atoms. The van der Waals surface area contributed by atoms with Gasteiger partial charge in [-0.25, -0.2) is 0 Å². The maximum absolute atomic E-state index is 13.5. The molecule has 0 amide bonds. The molecule has 0 unspecified atom stereocenters. The van der Waals surface area contributed by atoms with Crippen LogP contribution in [-0.2, 0) is 16.2 Å². The van der Waals surface area contributed by atoms with E-state index >= 15 is 0 Å². The lowest BCUT2D eigenvalue weighted by Gasteiger charge is -2.15. The minimum absolute atomic E-state index is 0.0389. The Labute approximate surface area is 191 Å². The molecule has 0 aliphatic heterocycles. The van der Waals surface area contributed by atoms with Crippen LogP contribution in [0.5, 0.6) is 23.0 Å². The first-order valence-electron chi connectivity index (χ1n) is 10.6. The third-order valence-corrected chi connectivity index (χ3v) is 4.76. The zero-order chi connectivity index (χ0) is 24.0. The van der Waals surface area contributed by atoms with Gasteiger partial charge in [0.15, 0.2) is 11.5 Å². The van der Waals surface area contributed by atoms with Crippen molar-refractivity contribution in [3.8, 4) is 34.3 Å². The van der Waals surface area contributed by atoms with E-state index in [4.69, 9.17) is 28.7 Å². The van der Waals surface area contributed by atoms with Gasteiger partial charge in [0.2, 0.25) is 5.43 Å². The van der Waals surface area contributed by atoms with E-state index in [1.807, 2.05) is 19.9 Å². The molecule has 8 nitrogen and oxygen atoms in total. The van der Waals surface area contributed by atoms with Gasteiger partial charge in [-0.2, -0.15) is 9.78 Å². The van der Waals surface area contributed by atoms with Crippen molar-refractivity contribution in [2.45, 2.75) is 34.1 Å². The van der Waals surface area contributed by atoms with Crippen LogP contribution < -0.4 is 19.9 Å². The van der Waals surface area contributed by atoms with Gasteiger partial charge in [-0.15, -0.1) is 0 Å². The van der Waals surface area contributed by atoms with Crippen LogP contribution in [0.2, 0.25) is 0 Å². The van der Waals surface area contributed by atoms with Crippen molar-refractivity contribution in [3.63, 3.8) is 0 Å². The number of benzene rings is 2. The van der Waals surface area contributed by atoms with E-state index in [0.29, 0.717) is 29.9 Å². The standard InChI is InChI=1S/C25H28O8/c1-6-29-32-20-14-19(26)21-22(27)25(33-30-7-2)23(16-9-11-17(28-5)12-10-16)31-24(21)18(20)13-8-15(3)4/h8-12,14,26H,6-7,13H2,1-5H3. The molecule has 1 heterocycles. The Balaban J connectivity index is 2.36. The van der Waals surface area contributed by atoms with Gasteiger partial charge in [-0.3, -0.25) is 4.79 Å². The number of aromatic hydroxyl groups is 1. The second-order valence-electron chi connectivity index (χ2n) is 7.36. The average molecular weight is 456 g/mol. The topological polar surface area (TPSA) is 96.6 Å². The summed E-state index contributed by atoms with van der Waals surface area (Å²) in [5.41, 5.74) is 1.77. The summed E-state index contributed by atoms with van der Waals surface area (Å²) >= 11 is 0. The molecule has 33 heavy (non-hydrogen) atoms. The number of fused-ring (bicyclic) bond motifs is 1. The van der Waals surface area contributed by atoms with Crippen LogP contribution in [0.3, 0.4) is 0 Å². The maximum atomic E-state index is 13.5. The van der Waals surface area contributed by atoms with Crippen molar-refractivity contribution in [2.75, 3.05) is 20.3 Å². The molecular formula is C25H28O8. The summed E-state index contributed by atoms with van der Waals surface area (Å²) in [5, 5.41) is 10.7. The van der Waals surface area contributed by atoms with Crippen LogP contribution in [0.15, 0.2) is 51.2 Å². The predicted octanol–water partition coefficient (Wildman–Crippen LogP) is 5.34. The normalized spacial score (nSPS) is 10.8. The molecule has 0 bridgehead atoms. The van der Waals surface area contributed by atoms with Crippen LogP contribution in [0.1, 0.15) is 33.3 Å². The molecule has 0 saturated heterocycles. The predicted molar refractivity (Wildman–Crippen MR) is 124 cm³/mol. The first kappa shape index (κ1) is 24.2. The first-order chi connectivity index (χ1) is 15.9. The molecular weight excluding hydrogens is 428 g/mol. The maximum Gasteiger partial charge on any atom is 0.256 e. The zero-order valence-corrected chi connectivity index (χ0v) is 19.4. The molecule has 1 N–H and O–H groups in total. The van der Waals surface area contributed by atoms with E-state index in [1.54, 1.807) is 45.2 Å². The summed E-state index contributed by atoms with van der Waals surface area (Å²) in [6.07, 6.45) is 2.35. The SMILES string of the molecule is CCOOc1cc(O)c2c(=O)c(OOCC)c(-c3ccc(OC)cc3)oc2c1CC=C(C)C. The fourth-order valence-electron chi connectivity index (χ4n) is 3.18. The summed E-state index contributed by atoms with van der Waals surface area (Å²) < 4.78 is 11.4. The van der Waals surface area contributed by atoms with E-state index in [0.717, 1.165) is 5.57 Å². The number of ether oxygens (including phenoxy) is 1. The Kier molecular flexibility index (Phi) is 7.97. The Morgan fingerprint density at radius 1 is 1.06 bits per heavy atom. The minimum Gasteiger partial charge on any atom is -0.507 e. The molecule has 1 aromatic heterocycles. The molecule has 3 aromatic rings. The van der Waals surface area contributed by atoms with Gasteiger partial charge < -0.3 is 24.0 Å². The van der Waals surface area contributed by atoms with E-state index in [2.05, 4.69) is 0 Å². The van der Waals surface area contributed by atoms with Crippen LogP contribution in [-0.4, -0.2) is 25.4 Å². The highest BCUT2D eigenvalue weighted by Crippen LogP contribution is 2.40. The lowest BCUT2D eigenvalue weighted by atomic mass is 10.0. The lowest BCUT2D eigenvalue weighted by molar-refractivity contribution is -0.203. The Morgan fingerprint density at radius 2 is 1.73 bits per heavy atom. The van der Waals surface area contributed by atoms with Gasteiger partial charge in [0.25, 0.3) is 5.75 Å². The second-order valence-corrected chi connectivity index (χ2v) is 7.36. The van der Waals surface area contributed by atoms with Gasteiger partial charge in [0.05, 0.1) is 20.3 Å². The monoisotopic (exact) mass is 456 g/mol. The van der Waals surface area contributed by atoms with Crippen molar-refractivity contribution in [2.24, 2.45) is 0 Å². The summed E-state index contributed by atoms with van der Waals surface area (Å²) in [5.74, 6) is 0.550. The van der Waals surface area contributed by atoms with Crippen LogP contribution in [0.4, 0.5) is 0 Å². The summed E-state index contributed by atoms with van der Waals surface area (Å²) in [4.78, 5) is 34.3. The van der Waals surface area contributed by atoms with E-state index < -0.39 is 5.43 Å². The van der Waals surface area contributed by atoms with Gasteiger partial charge in [0.1, 0.15) is 22.5 Å². The summed E-state index contributed by atoms with van der Waals surface area (Å²) in [6, 6.07) is 8.27. The fourth-order valence-corrected chi connectivity index (χ4v) is 3.18. The first-order valence-corrected chi connectivity index (χ1v) is 10.6. The van der Waals surface area contributed by atoms with E-state index in [9.17, 15) is 9.90 Å². The fraction of sp³-hybridized carbons (Fsp3) is 0.320. The number of methoxy groups -OCH3 is 1. The molecule has 8 heteroatoms. The number of allylic oxidation sites excluding steroid dienone is 2. The quantitative estimate of drug-likeness (QED) is 0.248. The van der Waals surface area contributed by atoms with E-state index in [1.165, 1.54) is 6.07 Å². The molecule has 0 saturated carbocycles. The Morgan fingerprint density at radius 3 is 2.33 bits per heavy atom. The summed E-state index contributed by atoms with van der Waals surface area (Å²) in [6.45, 7) is 7.91. The number of hydrogen-bond donors (Lipinski definition) is 1. The van der Waals surface area contributed by atoms with Crippen LogP contribution in [0, 0.1) is 0 Å². The van der Waals surface area contributed by atoms with Gasteiger partial charge in [-0.05, 0) is 58.4 Å². The highest BCUT2D eigenvalue weighted by atomic mass is 17.2. The molecule has 2 aromatic carbocycles. The third-order valence-electron chi connectivity index (χ3n) is 4.76. The van der Waals surface area contributed by atoms with Gasteiger partial charge in [-0.1, -0.05) is 11.6 Å². The number of rotatable bonds is 10. The van der Waals surface area contributed by atoms with Crippen molar-refractivity contribution in [1.29, 1.82) is 0 Å². The Hall–Kier alpha value is -3.49. The smallest absolute Gasteiger partial charge is 0.256 e. The van der Waals surface area contributed by atoms with Gasteiger partial charge >= 0.3 is 0 Å². The number of phenols is 1. The molecule has 0 radical (unpaired) electrons. The van der Waals surface area contributed by atoms with Crippen molar-refractivity contribution in [3.05, 3.63) is 57.8 Å². The number of hydrogen-bond acceptors (Lipinski definition) is 8. The second kappa shape index (κ2) is 10.9. The molecule has 0 atom stereocenters.